The molecular weight excluding hydrogens is 469 g/mol. The highest BCUT2D eigenvalue weighted by Gasteiger charge is 2.49. The number of hydrogen-bond donors (Lipinski definition) is 1. The van der Waals surface area contributed by atoms with E-state index in [1.807, 2.05) is 6.07 Å². The van der Waals surface area contributed by atoms with Gasteiger partial charge < -0.3 is 5.32 Å². The number of imide groups is 1. The highest BCUT2D eigenvalue weighted by Crippen LogP contribution is 2.35. The third-order valence-electron chi connectivity index (χ3n) is 5.42. The van der Waals surface area contributed by atoms with Gasteiger partial charge >= 0.3 is 12.2 Å². The van der Waals surface area contributed by atoms with E-state index < -0.39 is 29.2 Å². The van der Waals surface area contributed by atoms with Crippen LogP contribution in [0.2, 0.25) is 0 Å². The van der Waals surface area contributed by atoms with Gasteiger partial charge in [0, 0.05) is 12.3 Å². The predicted octanol–water partition coefficient (Wildman–Crippen LogP) is 4.81. The van der Waals surface area contributed by atoms with Crippen molar-refractivity contribution in [1.29, 1.82) is 0 Å². The number of hydrogen-bond acceptors (Lipinski definition) is 5. The van der Waals surface area contributed by atoms with Crippen molar-refractivity contribution >= 4 is 40.0 Å². The molecule has 1 fully saturated rings. The third kappa shape index (κ3) is 4.26. The van der Waals surface area contributed by atoms with E-state index >= 15 is 0 Å². The van der Waals surface area contributed by atoms with Gasteiger partial charge in [0.15, 0.2) is 5.13 Å². The molecule has 0 aliphatic carbocycles. The molecule has 7 nitrogen and oxygen atoms in total. The average molecular weight is 488 g/mol. The van der Waals surface area contributed by atoms with Crippen LogP contribution in [-0.2, 0) is 27.8 Å². The molecule has 1 saturated heterocycles. The number of urea groups is 1. The lowest BCUT2D eigenvalue weighted by Crippen LogP contribution is -2.41. The van der Waals surface area contributed by atoms with Gasteiger partial charge in [0.2, 0.25) is 5.91 Å². The predicted molar refractivity (Wildman–Crippen MR) is 119 cm³/mol. The van der Waals surface area contributed by atoms with Gasteiger partial charge in [-0.3, -0.25) is 19.4 Å². The topological polar surface area (TPSA) is 82.6 Å². The van der Waals surface area contributed by atoms with E-state index in [1.54, 1.807) is 29.6 Å². The molecule has 2 aromatic carbocycles. The van der Waals surface area contributed by atoms with Gasteiger partial charge in [-0.1, -0.05) is 30.3 Å². The molecule has 0 saturated carbocycles. The van der Waals surface area contributed by atoms with Gasteiger partial charge in [0.1, 0.15) is 5.54 Å². The Morgan fingerprint density at radius 3 is 2.50 bits per heavy atom. The molecule has 1 unspecified atom stereocenters. The fraction of sp³-hybridized carbons (Fsp3) is 0.217. The maximum atomic E-state index is 13.1. The minimum Gasteiger partial charge on any atom is -0.319 e. The maximum absolute atomic E-state index is 13.1. The average Bonchev–Trinajstić information content (AvgIpc) is 3.32. The molecule has 34 heavy (non-hydrogen) atoms. The zero-order chi connectivity index (χ0) is 24.7. The van der Waals surface area contributed by atoms with E-state index in [0.717, 1.165) is 17.0 Å². The van der Waals surface area contributed by atoms with Crippen molar-refractivity contribution in [1.82, 2.24) is 15.2 Å². The fourth-order valence-corrected chi connectivity index (χ4v) is 4.56. The van der Waals surface area contributed by atoms with E-state index in [-0.39, 0.29) is 18.0 Å². The molecule has 0 bridgehead atoms. The van der Waals surface area contributed by atoms with Crippen LogP contribution in [0.15, 0.2) is 60.0 Å². The summed E-state index contributed by atoms with van der Waals surface area (Å²) in [5, 5.41) is 4.48. The third-order valence-corrected chi connectivity index (χ3v) is 6.30. The Labute approximate surface area is 196 Å². The molecule has 3 aromatic rings. The molecule has 4 amide bonds. The first-order valence-corrected chi connectivity index (χ1v) is 11.0. The number of carbonyl (C=O) groups is 3. The summed E-state index contributed by atoms with van der Waals surface area (Å²) in [5.41, 5.74) is -1.58. The van der Waals surface area contributed by atoms with Crippen molar-refractivity contribution in [2.75, 3.05) is 4.90 Å². The molecule has 1 N–H and O–H groups in total. The number of alkyl halides is 3. The number of rotatable bonds is 5. The SMILES string of the molecule is CC(=O)N(c1ccccc1)c1nc(CN2C(=O)NC(C)(c3cccc(C(F)(F)F)c3)C2=O)cs1. The van der Waals surface area contributed by atoms with Crippen molar-refractivity contribution < 1.29 is 27.6 Å². The van der Waals surface area contributed by atoms with Crippen LogP contribution in [0.4, 0.5) is 28.8 Å². The normalized spacial score (nSPS) is 18.2. The second-order valence-electron chi connectivity index (χ2n) is 7.84. The van der Waals surface area contributed by atoms with E-state index in [1.165, 1.54) is 42.2 Å². The van der Waals surface area contributed by atoms with Crippen LogP contribution in [0.25, 0.3) is 0 Å². The lowest BCUT2D eigenvalue weighted by molar-refractivity contribution is -0.138. The number of carbonyl (C=O) groups excluding carboxylic acids is 3. The summed E-state index contributed by atoms with van der Waals surface area (Å²) in [6.45, 7) is 2.56. The van der Waals surface area contributed by atoms with Crippen molar-refractivity contribution in [3.8, 4) is 0 Å². The number of thiazole rings is 1. The first kappa shape index (κ1) is 23.4. The number of halogens is 3. The Kier molecular flexibility index (Phi) is 5.90. The molecule has 11 heteroatoms. The number of anilines is 2. The van der Waals surface area contributed by atoms with Gasteiger partial charge in [-0.25, -0.2) is 9.78 Å². The molecule has 2 heterocycles. The highest BCUT2D eigenvalue weighted by atomic mass is 32.1. The first-order valence-electron chi connectivity index (χ1n) is 10.1. The number of nitrogens with zero attached hydrogens (tertiary/aromatic N) is 3. The smallest absolute Gasteiger partial charge is 0.319 e. The number of amides is 4. The molecular formula is C23H19F3N4O3S. The standard InChI is InChI=1S/C23H19F3N4O3S/c1-14(31)30(18-9-4-3-5-10-18)21-27-17(13-34-21)12-29-19(32)22(2,28-20(29)33)15-7-6-8-16(11-15)23(24,25)26/h3-11,13H,12H2,1-2H3,(H,28,33). The van der Waals surface area contributed by atoms with Crippen molar-refractivity contribution in [3.05, 3.63) is 76.8 Å². The van der Waals surface area contributed by atoms with Crippen LogP contribution in [0, 0.1) is 0 Å². The second kappa shape index (κ2) is 8.56. The monoisotopic (exact) mass is 488 g/mol. The van der Waals surface area contributed by atoms with Crippen molar-refractivity contribution in [2.45, 2.75) is 32.1 Å². The zero-order valence-corrected chi connectivity index (χ0v) is 18.9. The summed E-state index contributed by atoms with van der Waals surface area (Å²) >= 11 is 1.17. The van der Waals surface area contributed by atoms with Gasteiger partial charge in [0.05, 0.1) is 23.5 Å². The minimum absolute atomic E-state index is 0.0222. The summed E-state index contributed by atoms with van der Waals surface area (Å²) in [6, 6.07) is 12.4. The van der Waals surface area contributed by atoms with E-state index in [0.29, 0.717) is 16.5 Å². The zero-order valence-electron chi connectivity index (χ0n) is 18.1. The minimum atomic E-state index is -4.59. The van der Waals surface area contributed by atoms with Crippen LogP contribution in [0.1, 0.15) is 30.7 Å². The van der Waals surface area contributed by atoms with E-state index in [2.05, 4.69) is 10.3 Å². The lowest BCUT2D eigenvalue weighted by atomic mass is 9.90. The van der Waals surface area contributed by atoms with Gasteiger partial charge in [-0.2, -0.15) is 13.2 Å². The van der Waals surface area contributed by atoms with Crippen LogP contribution in [0.3, 0.4) is 0 Å². The number of para-hydroxylation sites is 1. The Morgan fingerprint density at radius 2 is 1.85 bits per heavy atom. The number of aromatic nitrogens is 1. The molecule has 1 atom stereocenters. The van der Waals surface area contributed by atoms with Crippen molar-refractivity contribution in [3.63, 3.8) is 0 Å². The summed E-state index contributed by atoms with van der Waals surface area (Å²) in [5.74, 6) is -0.961. The summed E-state index contributed by atoms with van der Waals surface area (Å²) in [6.07, 6.45) is -4.59. The molecule has 176 valence electrons. The molecule has 0 spiro atoms. The maximum Gasteiger partial charge on any atom is 0.416 e. The Bertz CT molecular complexity index is 1260. The Morgan fingerprint density at radius 1 is 1.15 bits per heavy atom. The van der Waals surface area contributed by atoms with Gasteiger partial charge in [-0.15, -0.1) is 11.3 Å². The molecule has 0 radical (unpaired) electrons. The summed E-state index contributed by atoms with van der Waals surface area (Å²) in [7, 11) is 0. The first-order chi connectivity index (χ1) is 16.0. The molecule has 1 aromatic heterocycles. The largest absolute Gasteiger partial charge is 0.416 e. The number of benzene rings is 2. The molecule has 1 aliphatic rings. The Balaban J connectivity index is 1.58. The Hall–Kier alpha value is -3.73. The van der Waals surface area contributed by atoms with Crippen LogP contribution in [-0.4, -0.2) is 27.7 Å². The van der Waals surface area contributed by atoms with Crippen LogP contribution >= 0.6 is 11.3 Å². The van der Waals surface area contributed by atoms with E-state index in [4.69, 9.17) is 0 Å². The van der Waals surface area contributed by atoms with Gasteiger partial charge in [0.25, 0.3) is 5.91 Å². The second-order valence-corrected chi connectivity index (χ2v) is 8.67. The van der Waals surface area contributed by atoms with Gasteiger partial charge in [-0.05, 0) is 36.8 Å². The molecule has 4 rings (SSSR count). The van der Waals surface area contributed by atoms with Crippen LogP contribution in [0.5, 0.6) is 0 Å². The lowest BCUT2D eigenvalue weighted by Gasteiger charge is -2.23. The fourth-order valence-electron chi connectivity index (χ4n) is 3.68. The van der Waals surface area contributed by atoms with E-state index in [9.17, 15) is 27.6 Å². The quantitative estimate of drug-likeness (QED) is 0.523. The molecule has 1 aliphatic heterocycles. The van der Waals surface area contributed by atoms with Crippen molar-refractivity contribution in [2.24, 2.45) is 0 Å². The summed E-state index contributed by atoms with van der Waals surface area (Å²) < 4.78 is 39.4. The van der Waals surface area contributed by atoms with Crippen LogP contribution < -0.4 is 10.2 Å². The number of nitrogens with one attached hydrogen (secondary N) is 1. The highest BCUT2D eigenvalue weighted by molar-refractivity contribution is 7.14. The summed E-state index contributed by atoms with van der Waals surface area (Å²) in [4.78, 5) is 44.7.